The third-order valence-electron chi connectivity index (χ3n) is 1.80. The Morgan fingerprint density at radius 2 is 1.00 bits per heavy atom. The molecule has 0 saturated heterocycles. The molecule has 0 spiro atoms. The summed E-state index contributed by atoms with van der Waals surface area (Å²) in [6.07, 6.45) is 1.92. The van der Waals surface area contributed by atoms with Gasteiger partial charge in [0.05, 0.1) is 0 Å². The molecule has 0 aromatic carbocycles. The van der Waals surface area contributed by atoms with Crippen LogP contribution in [0.3, 0.4) is 0 Å². The van der Waals surface area contributed by atoms with Crippen molar-refractivity contribution in [3.63, 3.8) is 0 Å². The number of hydrogen-bond acceptors (Lipinski definition) is 4. The predicted octanol–water partition coefficient (Wildman–Crippen LogP) is 3.53. The van der Waals surface area contributed by atoms with Crippen molar-refractivity contribution in [1.82, 2.24) is 0 Å². The van der Waals surface area contributed by atoms with Crippen molar-refractivity contribution in [3.8, 4) is 0 Å². The lowest BCUT2D eigenvalue weighted by Crippen LogP contribution is -2.59. The van der Waals surface area contributed by atoms with E-state index in [2.05, 4.69) is 58.9 Å². The molecule has 0 rings (SSSR count). The highest BCUT2D eigenvalue weighted by atomic mass is 28.5. The van der Waals surface area contributed by atoms with E-state index in [0.29, 0.717) is 6.54 Å². The third-order valence-corrected chi connectivity index (χ3v) is 13.2. The maximum absolute atomic E-state index is 6.44. The molecule has 120 valence electrons. The highest BCUT2D eigenvalue weighted by Crippen LogP contribution is 2.26. The van der Waals surface area contributed by atoms with Gasteiger partial charge in [-0.3, -0.25) is 0 Å². The molecule has 0 fully saturated rings. The van der Waals surface area contributed by atoms with E-state index in [1.807, 2.05) is 11.8 Å². The van der Waals surface area contributed by atoms with E-state index in [1.165, 1.54) is 0 Å². The average Bonchev–Trinajstić information content (AvgIpc) is 2.05. The number of rotatable bonds is 8. The van der Waals surface area contributed by atoms with Crippen LogP contribution < -0.4 is 5.73 Å². The van der Waals surface area contributed by atoms with Gasteiger partial charge in [-0.05, 0) is 64.6 Å². The van der Waals surface area contributed by atoms with Crippen LogP contribution in [-0.4, -0.2) is 40.3 Å². The molecule has 0 aromatic heterocycles. The van der Waals surface area contributed by atoms with Gasteiger partial charge in [0, 0.05) is 6.54 Å². The fraction of sp³-hybridized carbons (Fsp3) is 0.833. The molecule has 8 heteroatoms. The van der Waals surface area contributed by atoms with E-state index in [1.54, 1.807) is 0 Å². The Morgan fingerprint density at radius 1 is 0.700 bits per heavy atom. The maximum Gasteiger partial charge on any atom is 0.497 e. The Morgan fingerprint density at radius 3 is 1.20 bits per heavy atom. The normalized spacial score (nSPS) is 15.1. The second kappa shape index (κ2) is 7.14. The summed E-state index contributed by atoms with van der Waals surface area (Å²) in [6, 6.07) is 0. The number of nitrogens with two attached hydrogens (primary N) is 1. The fourth-order valence-electron chi connectivity index (χ4n) is 1.66. The lowest BCUT2D eigenvalue weighted by Gasteiger charge is -2.41. The predicted molar refractivity (Wildman–Crippen MR) is 97.2 cm³/mol. The zero-order chi connectivity index (χ0) is 16.2. The largest absolute Gasteiger partial charge is 0.497 e. The van der Waals surface area contributed by atoms with Gasteiger partial charge in [-0.15, -0.1) is 0 Å². The van der Waals surface area contributed by atoms with Gasteiger partial charge in [0.25, 0.3) is 0 Å². The van der Waals surface area contributed by atoms with Gasteiger partial charge in [-0.25, -0.2) is 0 Å². The summed E-state index contributed by atoms with van der Waals surface area (Å²) in [4.78, 5) is 0. The van der Waals surface area contributed by atoms with Crippen molar-refractivity contribution in [2.75, 3.05) is 6.54 Å². The molecule has 0 aromatic rings. The monoisotopic (exact) mass is 351 g/mol. The summed E-state index contributed by atoms with van der Waals surface area (Å²) < 4.78 is 19.3. The minimum atomic E-state index is -2.80. The molecule has 0 aliphatic carbocycles. The zero-order valence-electron chi connectivity index (χ0n) is 14.7. The Labute approximate surface area is 129 Å². The molecule has 0 saturated carbocycles. The Balaban J connectivity index is 5.56. The van der Waals surface area contributed by atoms with E-state index >= 15 is 0 Å². The molecule has 0 bridgehead atoms. The van der Waals surface area contributed by atoms with Gasteiger partial charge in [-0.2, -0.15) is 0 Å². The van der Waals surface area contributed by atoms with Crippen LogP contribution in [0.2, 0.25) is 58.9 Å². The second-order valence-electron chi connectivity index (χ2n) is 7.88. The van der Waals surface area contributed by atoms with E-state index in [9.17, 15) is 0 Å². The van der Waals surface area contributed by atoms with E-state index in [0.717, 1.165) is 0 Å². The van der Waals surface area contributed by atoms with Gasteiger partial charge < -0.3 is 18.1 Å². The van der Waals surface area contributed by atoms with Gasteiger partial charge in [0.1, 0.15) is 0 Å². The molecule has 0 aliphatic heterocycles. The van der Waals surface area contributed by atoms with Crippen LogP contribution in [0.25, 0.3) is 0 Å². The summed E-state index contributed by atoms with van der Waals surface area (Å²) in [5, 5.41) is 0. The Kier molecular flexibility index (Phi) is 7.30. The molecule has 0 atom stereocenters. The van der Waals surface area contributed by atoms with Crippen LogP contribution in [0.5, 0.6) is 0 Å². The zero-order valence-corrected chi connectivity index (χ0v) is 18.7. The van der Waals surface area contributed by atoms with Crippen LogP contribution in [0.15, 0.2) is 11.8 Å². The van der Waals surface area contributed by atoms with Crippen molar-refractivity contribution in [2.45, 2.75) is 58.9 Å². The smallest absolute Gasteiger partial charge is 0.414 e. The Hall–Kier alpha value is 0.448. The molecule has 0 unspecified atom stereocenters. The molecular formula is C12H33NO3Si4. The average molecular weight is 352 g/mol. The van der Waals surface area contributed by atoms with Crippen molar-refractivity contribution < 1.29 is 12.3 Å². The molecule has 4 nitrogen and oxygen atoms in total. The molecule has 0 aliphatic rings. The van der Waals surface area contributed by atoms with E-state index in [4.69, 9.17) is 18.1 Å². The van der Waals surface area contributed by atoms with Crippen molar-refractivity contribution in [1.29, 1.82) is 0 Å². The van der Waals surface area contributed by atoms with Gasteiger partial charge in [0.2, 0.25) is 0 Å². The summed E-state index contributed by atoms with van der Waals surface area (Å²) in [6.45, 7) is 20.0. The van der Waals surface area contributed by atoms with E-state index in [-0.39, 0.29) is 0 Å². The number of hydrogen-bond donors (Lipinski definition) is 1. The van der Waals surface area contributed by atoms with Crippen LogP contribution in [0.4, 0.5) is 0 Å². The Bertz CT molecular complexity index is 288. The van der Waals surface area contributed by atoms with Crippen LogP contribution in [0.1, 0.15) is 0 Å². The third kappa shape index (κ3) is 10.2. The molecule has 0 amide bonds. The summed E-state index contributed by atoms with van der Waals surface area (Å²) in [7, 11) is -8.13. The lowest BCUT2D eigenvalue weighted by atomic mass is 10.7. The standard InChI is InChI=1S/C12H33NO3Si4/c1-17(2,3)14-20(12-10-11-13,15-18(4,5)6)16-19(7,8)9/h10,12H,11,13H2,1-9H3. The van der Waals surface area contributed by atoms with Crippen molar-refractivity contribution in [3.05, 3.63) is 11.8 Å². The first-order chi connectivity index (χ1) is 8.68. The quantitative estimate of drug-likeness (QED) is 0.680. The fourth-order valence-corrected chi connectivity index (χ4v) is 14.8. The second-order valence-corrected chi connectivity index (χ2v) is 24.5. The van der Waals surface area contributed by atoms with Crippen LogP contribution in [0, 0.1) is 0 Å². The van der Waals surface area contributed by atoms with Crippen molar-refractivity contribution in [2.24, 2.45) is 5.73 Å². The topological polar surface area (TPSA) is 53.7 Å². The van der Waals surface area contributed by atoms with Gasteiger partial charge in [0.15, 0.2) is 25.0 Å². The van der Waals surface area contributed by atoms with Crippen molar-refractivity contribution >= 4 is 33.8 Å². The van der Waals surface area contributed by atoms with E-state index < -0.39 is 33.8 Å². The first-order valence-corrected chi connectivity index (χ1v) is 19.2. The first kappa shape index (κ1) is 20.4. The molecule has 0 heterocycles. The van der Waals surface area contributed by atoms with Gasteiger partial charge in [-0.1, -0.05) is 6.08 Å². The highest BCUT2D eigenvalue weighted by molar-refractivity contribution is 6.92. The first-order valence-electron chi connectivity index (χ1n) is 7.16. The minimum Gasteiger partial charge on any atom is -0.414 e. The molecule has 20 heavy (non-hydrogen) atoms. The molecule has 2 N–H and O–H groups in total. The lowest BCUT2D eigenvalue weighted by molar-refractivity contribution is 0.271. The maximum atomic E-state index is 6.44. The van der Waals surface area contributed by atoms with Crippen LogP contribution >= 0.6 is 0 Å². The highest BCUT2D eigenvalue weighted by Gasteiger charge is 2.48. The molecular weight excluding hydrogens is 318 g/mol. The van der Waals surface area contributed by atoms with Crippen LogP contribution in [-0.2, 0) is 12.3 Å². The summed E-state index contributed by atoms with van der Waals surface area (Å²) in [5.74, 6) is 0. The molecule has 0 radical (unpaired) electrons. The minimum absolute atomic E-state index is 0.480. The SMILES string of the molecule is C[Si](C)(C)O[Si](C=CCN)(O[Si](C)(C)C)O[Si](C)(C)C. The summed E-state index contributed by atoms with van der Waals surface area (Å²) in [5.41, 5.74) is 7.63. The summed E-state index contributed by atoms with van der Waals surface area (Å²) >= 11 is 0. The van der Waals surface area contributed by atoms with Gasteiger partial charge >= 0.3 is 8.80 Å².